The third-order valence-corrected chi connectivity index (χ3v) is 4.13. The zero-order valence-corrected chi connectivity index (χ0v) is 14.9. The number of hydrogen-bond donors (Lipinski definition) is 0. The Morgan fingerprint density at radius 2 is 1.35 bits per heavy atom. The molecule has 1 aromatic rings. The van der Waals surface area contributed by atoms with Crippen LogP contribution in [0.4, 0.5) is 0 Å². The van der Waals surface area contributed by atoms with Crippen LogP contribution in [-0.4, -0.2) is 6.61 Å². The van der Waals surface area contributed by atoms with Crippen LogP contribution >= 0.6 is 15.9 Å². The Hall–Kier alpha value is -0.500. The van der Waals surface area contributed by atoms with Gasteiger partial charge in [-0.15, -0.1) is 0 Å². The van der Waals surface area contributed by atoms with Crippen molar-refractivity contribution in [2.45, 2.75) is 72.1 Å². The monoisotopic (exact) mass is 340 g/mol. The quantitative estimate of drug-likeness (QED) is 0.436. The Labute approximate surface area is 133 Å². The fourth-order valence-corrected chi connectivity index (χ4v) is 3.22. The SMILES string of the molecule is CCCCCCCCCCOc1c(C)cc(Br)cc1C. The Kier molecular flexibility index (Phi) is 9.00. The van der Waals surface area contributed by atoms with Gasteiger partial charge in [-0.2, -0.15) is 0 Å². The van der Waals surface area contributed by atoms with Gasteiger partial charge in [0.05, 0.1) is 6.61 Å². The molecule has 0 aliphatic carbocycles. The van der Waals surface area contributed by atoms with Crippen molar-refractivity contribution in [1.82, 2.24) is 0 Å². The molecule has 2 heteroatoms. The topological polar surface area (TPSA) is 9.23 Å². The fourth-order valence-electron chi connectivity index (χ4n) is 2.54. The summed E-state index contributed by atoms with van der Waals surface area (Å²) in [6.45, 7) is 7.34. The summed E-state index contributed by atoms with van der Waals surface area (Å²) in [4.78, 5) is 0. The van der Waals surface area contributed by atoms with Crippen LogP contribution in [0.1, 0.15) is 69.4 Å². The van der Waals surface area contributed by atoms with Crippen LogP contribution in [0, 0.1) is 13.8 Å². The number of aryl methyl sites for hydroxylation is 2. The molecule has 0 aliphatic rings. The summed E-state index contributed by atoms with van der Waals surface area (Å²) in [6, 6.07) is 4.24. The molecular weight excluding hydrogens is 312 g/mol. The molecule has 1 rings (SSSR count). The molecular formula is C18H29BrO. The lowest BCUT2D eigenvalue weighted by atomic mass is 10.1. The maximum absolute atomic E-state index is 5.95. The molecule has 1 aromatic carbocycles. The molecule has 0 bridgehead atoms. The molecule has 0 aromatic heterocycles. The molecule has 0 unspecified atom stereocenters. The van der Waals surface area contributed by atoms with E-state index in [9.17, 15) is 0 Å². The number of hydrogen-bond acceptors (Lipinski definition) is 1. The van der Waals surface area contributed by atoms with E-state index in [0.29, 0.717) is 0 Å². The molecule has 0 saturated carbocycles. The predicted octanol–water partition coefficient (Wildman–Crippen LogP) is 6.59. The summed E-state index contributed by atoms with van der Waals surface area (Å²) < 4.78 is 7.08. The van der Waals surface area contributed by atoms with Gasteiger partial charge in [-0.25, -0.2) is 0 Å². The number of rotatable bonds is 10. The summed E-state index contributed by atoms with van der Waals surface area (Å²) in [7, 11) is 0. The van der Waals surface area contributed by atoms with Crippen molar-refractivity contribution < 1.29 is 4.74 Å². The van der Waals surface area contributed by atoms with Crippen LogP contribution in [-0.2, 0) is 0 Å². The van der Waals surface area contributed by atoms with E-state index in [1.54, 1.807) is 0 Å². The maximum atomic E-state index is 5.95. The lowest BCUT2D eigenvalue weighted by Crippen LogP contribution is -2.00. The van der Waals surface area contributed by atoms with E-state index in [4.69, 9.17) is 4.74 Å². The Morgan fingerprint density at radius 3 is 1.90 bits per heavy atom. The fraction of sp³-hybridized carbons (Fsp3) is 0.667. The Balaban J connectivity index is 2.13. The third kappa shape index (κ3) is 6.78. The molecule has 1 nitrogen and oxygen atoms in total. The number of benzene rings is 1. The van der Waals surface area contributed by atoms with Crippen molar-refractivity contribution >= 4 is 15.9 Å². The van der Waals surface area contributed by atoms with Crippen molar-refractivity contribution in [3.63, 3.8) is 0 Å². The van der Waals surface area contributed by atoms with Crippen LogP contribution < -0.4 is 4.74 Å². The maximum Gasteiger partial charge on any atom is 0.125 e. The first-order valence-electron chi connectivity index (χ1n) is 8.04. The van der Waals surface area contributed by atoms with Crippen LogP contribution in [0.2, 0.25) is 0 Å². The van der Waals surface area contributed by atoms with E-state index < -0.39 is 0 Å². The highest BCUT2D eigenvalue weighted by Crippen LogP contribution is 2.27. The first-order valence-corrected chi connectivity index (χ1v) is 8.84. The van der Waals surface area contributed by atoms with Gasteiger partial charge < -0.3 is 4.74 Å². The van der Waals surface area contributed by atoms with Crippen LogP contribution in [0.25, 0.3) is 0 Å². The van der Waals surface area contributed by atoms with E-state index in [0.717, 1.165) is 16.8 Å². The molecule has 0 saturated heterocycles. The molecule has 20 heavy (non-hydrogen) atoms. The molecule has 0 spiro atoms. The summed E-state index contributed by atoms with van der Waals surface area (Å²) in [6.07, 6.45) is 10.7. The van der Waals surface area contributed by atoms with E-state index in [-0.39, 0.29) is 0 Å². The number of unbranched alkanes of at least 4 members (excludes halogenated alkanes) is 7. The molecule has 0 atom stereocenters. The van der Waals surface area contributed by atoms with Gasteiger partial charge in [0.2, 0.25) is 0 Å². The van der Waals surface area contributed by atoms with E-state index in [1.807, 2.05) is 0 Å². The normalized spacial score (nSPS) is 10.8. The first-order chi connectivity index (χ1) is 9.65. The third-order valence-electron chi connectivity index (χ3n) is 3.67. The first kappa shape index (κ1) is 17.6. The number of ether oxygens (including phenoxy) is 1. The van der Waals surface area contributed by atoms with Gasteiger partial charge in [-0.05, 0) is 43.5 Å². The average Bonchev–Trinajstić information content (AvgIpc) is 2.39. The lowest BCUT2D eigenvalue weighted by molar-refractivity contribution is 0.300. The van der Waals surface area contributed by atoms with Crippen molar-refractivity contribution in [2.24, 2.45) is 0 Å². The zero-order valence-electron chi connectivity index (χ0n) is 13.3. The van der Waals surface area contributed by atoms with E-state index in [2.05, 4.69) is 48.8 Å². The predicted molar refractivity (Wildman–Crippen MR) is 91.7 cm³/mol. The van der Waals surface area contributed by atoms with Crippen LogP contribution in [0.15, 0.2) is 16.6 Å². The summed E-state index contributed by atoms with van der Waals surface area (Å²) >= 11 is 3.52. The van der Waals surface area contributed by atoms with Gasteiger partial charge >= 0.3 is 0 Å². The molecule has 0 radical (unpaired) electrons. The van der Waals surface area contributed by atoms with Gasteiger partial charge in [0.1, 0.15) is 5.75 Å². The summed E-state index contributed by atoms with van der Waals surface area (Å²) in [5, 5.41) is 0. The minimum Gasteiger partial charge on any atom is -0.493 e. The highest BCUT2D eigenvalue weighted by atomic mass is 79.9. The van der Waals surface area contributed by atoms with E-state index in [1.165, 1.54) is 62.5 Å². The summed E-state index contributed by atoms with van der Waals surface area (Å²) in [5.74, 6) is 1.07. The van der Waals surface area contributed by atoms with Gasteiger partial charge in [0.25, 0.3) is 0 Å². The second kappa shape index (κ2) is 10.3. The van der Waals surface area contributed by atoms with Crippen molar-refractivity contribution in [3.05, 3.63) is 27.7 Å². The molecule has 114 valence electrons. The second-order valence-corrected chi connectivity index (χ2v) is 6.61. The van der Waals surface area contributed by atoms with Gasteiger partial charge in [0, 0.05) is 4.47 Å². The minimum absolute atomic E-state index is 0.846. The Morgan fingerprint density at radius 1 is 0.850 bits per heavy atom. The lowest BCUT2D eigenvalue weighted by Gasteiger charge is -2.12. The molecule has 0 N–H and O–H groups in total. The molecule has 0 heterocycles. The smallest absolute Gasteiger partial charge is 0.125 e. The highest BCUT2D eigenvalue weighted by Gasteiger charge is 2.05. The largest absolute Gasteiger partial charge is 0.493 e. The highest BCUT2D eigenvalue weighted by molar-refractivity contribution is 9.10. The Bertz CT molecular complexity index is 364. The molecule has 0 aliphatic heterocycles. The molecule has 0 fully saturated rings. The van der Waals surface area contributed by atoms with Gasteiger partial charge in [-0.1, -0.05) is 67.8 Å². The van der Waals surface area contributed by atoms with Gasteiger partial charge in [0.15, 0.2) is 0 Å². The van der Waals surface area contributed by atoms with Crippen molar-refractivity contribution in [1.29, 1.82) is 0 Å². The molecule has 0 amide bonds. The van der Waals surface area contributed by atoms with Gasteiger partial charge in [-0.3, -0.25) is 0 Å². The zero-order chi connectivity index (χ0) is 14.8. The van der Waals surface area contributed by atoms with Crippen LogP contribution in [0.3, 0.4) is 0 Å². The van der Waals surface area contributed by atoms with Crippen molar-refractivity contribution in [3.8, 4) is 5.75 Å². The van der Waals surface area contributed by atoms with E-state index >= 15 is 0 Å². The number of halogens is 1. The van der Waals surface area contributed by atoms with Crippen molar-refractivity contribution in [2.75, 3.05) is 6.61 Å². The average molecular weight is 341 g/mol. The standard InChI is InChI=1S/C18H29BrO/c1-4-5-6-7-8-9-10-11-12-20-18-15(2)13-17(19)14-16(18)3/h13-14H,4-12H2,1-3H3. The van der Waals surface area contributed by atoms with Crippen LogP contribution in [0.5, 0.6) is 5.75 Å². The second-order valence-electron chi connectivity index (χ2n) is 5.69. The minimum atomic E-state index is 0.846. The summed E-state index contributed by atoms with van der Waals surface area (Å²) in [5.41, 5.74) is 2.44.